The number of aryl methyl sites for hydroxylation is 1. The number of carbonyl (C=O) groups excluding carboxylic acids is 2. The fraction of sp³-hybridized carbons (Fsp3) is 0.451. The number of halogens is 1. The molecule has 0 bridgehead atoms. The van der Waals surface area contributed by atoms with E-state index in [0.717, 1.165) is 97.3 Å². The number of aromatic nitrogens is 2. The lowest BCUT2D eigenvalue weighted by molar-refractivity contribution is -0.157. The van der Waals surface area contributed by atoms with E-state index in [0.29, 0.717) is 24.7 Å². The van der Waals surface area contributed by atoms with Gasteiger partial charge in [0.05, 0.1) is 6.26 Å². The zero-order chi connectivity index (χ0) is 46.7. The fourth-order valence-corrected chi connectivity index (χ4v) is 8.71. The number of nitrogens with zero attached hydrogens (tertiary/aromatic N) is 4. The van der Waals surface area contributed by atoms with E-state index in [4.69, 9.17) is 23.9 Å². The number of esters is 2. The number of rotatable bonds is 10. The minimum atomic E-state index is -1.48. The number of likely N-dealkylation sites (tertiary alicyclic amines) is 2. The second-order valence-electron chi connectivity index (χ2n) is 19.2. The zero-order valence-electron chi connectivity index (χ0n) is 38.9. The molecule has 0 amide bonds. The van der Waals surface area contributed by atoms with Crippen molar-refractivity contribution in [2.24, 2.45) is 11.8 Å². The first-order chi connectivity index (χ1) is 30.9. The molecule has 6 aromatic rings. The molecule has 0 aliphatic carbocycles. The standard InChI is InChI=1S/C26H32N2O3.C21H27BrN2O2.C4H5BO3/c1-18-5-8-24(30-18)23-16-27-15-21-7-6-20(13-22(21)23)17-28-11-9-19(10-12-28)14-25(29)31-26(2,3)4;1-21(2,3)26-20(25)11-15-6-8-24(9-7-15)14-16-4-5-17-12-23-13-19(22)18(17)10-16;6-5(7)4-2-1-3-8-4/h5-8,13,15-16,19H,9-12,14,17H2,1-4H3;4-5,10,12-13,15H,6-9,11,14H2,1-3H3;1-3,6-7H. The number of pyridine rings is 2. The number of ether oxygens (including phenoxy) is 2. The van der Waals surface area contributed by atoms with Crippen molar-refractivity contribution in [2.75, 3.05) is 26.2 Å². The average Bonchev–Trinajstić information content (AvgIpc) is 3.95. The number of hydrogen-bond acceptors (Lipinski definition) is 12. The van der Waals surface area contributed by atoms with Gasteiger partial charge in [-0.05, 0) is 186 Å². The molecule has 6 heterocycles. The third-order valence-electron chi connectivity index (χ3n) is 11.4. The molecule has 0 atom stereocenters. The molecule has 2 aliphatic heterocycles. The van der Waals surface area contributed by atoms with Crippen molar-refractivity contribution < 1.29 is 37.9 Å². The first-order valence-electron chi connectivity index (χ1n) is 22.6. The maximum absolute atomic E-state index is 12.1. The van der Waals surface area contributed by atoms with Crippen LogP contribution >= 0.6 is 15.9 Å². The van der Waals surface area contributed by atoms with Crippen molar-refractivity contribution in [3.63, 3.8) is 0 Å². The Bertz CT molecular complexity index is 2460. The van der Waals surface area contributed by atoms with E-state index in [2.05, 4.69) is 76.5 Å². The van der Waals surface area contributed by atoms with Crippen LogP contribution in [0.4, 0.5) is 0 Å². The van der Waals surface area contributed by atoms with Crippen molar-refractivity contribution in [3.05, 3.63) is 113 Å². The van der Waals surface area contributed by atoms with Crippen molar-refractivity contribution in [3.8, 4) is 11.3 Å². The van der Waals surface area contributed by atoms with Gasteiger partial charge in [0, 0.05) is 71.5 Å². The van der Waals surface area contributed by atoms with Crippen molar-refractivity contribution in [2.45, 2.75) is 111 Å². The zero-order valence-corrected chi connectivity index (χ0v) is 40.5. The number of hydrogen-bond donors (Lipinski definition) is 2. The van der Waals surface area contributed by atoms with E-state index in [9.17, 15) is 9.59 Å². The van der Waals surface area contributed by atoms with Gasteiger partial charge in [-0.25, -0.2) is 0 Å². The van der Waals surface area contributed by atoms with E-state index in [1.807, 2.05) is 85.4 Å². The van der Waals surface area contributed by atoms with Gasteiger partial charge in [0.25, 0.3) is 0 Å². The maximum atomic E-state index is 12.1. The fourth-order valence-electron chi connectivity index (χ4n) is 8.25. The van der Waals surface area contributed by atoms with Crippen LogP contribution in [0.5, 0.6) is 0 Å². The Hall–Kier alpha value is -4.86. The maximum Gasteiger partial charge on any atom is 0.526 e. The molecule has 12 nitrogen and oxygen atoms in total. The van der Waals surface area contributed by atoms with E-state index in [1.165, 1.54) is 34.2 Å². The highest BCUT2D eigenvalue weighted by molar-refractivity contribution is 9.10. The van der Waals surface area contributed by atoms with E-state index >= 15 is 0 Å². The molecule has 346 valence electrons. The molecule has 2 N–H and O–H groups in total. The Morgan fingerprint density at radius 2 is 1.23 bits per heavy atom. The van der Waals surface area contributed by atoms with Crippen molar-refractivity contribution in [1.29, 1.82) is 0 Å². The Morgan fingerprint density at radius 3 is 1.68 bits per heavy atom. The van der Waals surface area contributed by atoms with Gasteiger partial charge < -0.3 is 28.4 Å². The molecule has 2 aromatic carbocycles. The van der Waals surface area contributed by atoms with Crippen LogP contribution in [-0.2, 0) is 32.2 Å². The smallest absolute Gasteiger partial charge is 0.473 e. The van der Waals surface area contributed by atoms with Gasteiger partial charge in [0.1, 0.15) is 28.4 Å². The topological polar surface area (TPSA) is 152 Å². The van der Waals surface area contributed by atoms with Crippen LogP contribution in [0.25, 0.3) is 32.9 Å². The third-order valence-corrected chi connectivity index (χ3v) is 12.0. The predicted molar refractivity (Wildman–Crippen MR) is 259 cm³/mol. The molecule has 8 rings (SSSR count). The highest BCUT2D eigenvalue weighted by Crippen LogP contribution is 2.31. The highest BCUT2D eigenvalue weighted by atomic mass is 79.9. The highest BCUT2D eigenvalue weighted by Gasteiger charge is 2.26. The molecule has 2 saturated heterocycles. The van der Waals surface area contributed by atoms with Crippen LogP contribution in [0.3, 0.4) is 0 Å². The van der Waals surface area contributed by atoms with Crippen molar-refractivity contribution >= 4 is 62.2 Å². The van der Waals surface area contributed by atoms with E-state index in [-0.39, 0.29) is 17.6 Å². The number of piperidine rings is 2. The van der Waals surface area contributed by atoms with E-state index < -0.39 is 18.3 Å². The van der Waals surface area contributed by atoms with Gasteiger partial charge in [-0.3, -0.25) is 29.4 Å². The second-order valence-corrected chi connectivity index (χ2v) is 20.1. The minimum Gasteiger partial charge on any atom is -0.473 e. The van der Waals surface area contributed by atoms with Crippen LogP contribution in [0.1, 0.15) is 97.0 Å². The van der Waals surface area contributed by atoms with Gasteiger partial charge in [-0.15, -0.1) is 0 Å². The number of fused-ring (bicyclic) bond motifs is 2. The first-order valence-corrected chi connectivity index (χ1v) is 23.4. The van der Waals surface area contributed by atoms with E-state index in [1.54, 1.807) is 6.07 Å². The van der Waals surface area contributed by atoms with Crippen molar-refractivity contribution in [1.82, 2.24) is 19.8 Å². The first kappa shape index (κ1) is 49.6. The average molecular weight is 952 g/mol. The van der Waals surface area contributed by atoms with Crippen LogP contribution < -0.4 is 5.66 Å². The summed E-state index contributed by atoms with van der Waals surface area (Å²) in [6, 6.07) is 20.2. The van der Waals surface area contributed by atoms with Crippen LogP contribution in [0.2, 0.25) is 0 Å². The Labute approximate surface area is 392 Å². The molecular weight excluding hydrogens is 887 g/mol. The predicted octanol–water partition coefficient (Wildman–Crippen LogP) is 9.65. The molecule has 2 fully saturated rings. The molecule has 0 radical (unpaired) electrons. The lowest BCUT2D eigenvalue weighted by Crippen LogP contribution is -2.34. The summed E-state index contributed by atoms with van der Waals surface area (Å²) in [6.07, 6.45) is 14.2. The van der Waals surface area contributed by atoms with Crippen LogP contribution in [-0.4, -0.2) is 86.3 Å². The van der Waals surface area contributed by atoms with Gasteiger partial charge in [0.2, 0.25) is 0 Å². The minimum absolute atomic E-state index is 0.0658. The third kappa shape index (κ3) is 15.6. The Kier molecular flexibility index (Phi) is 17.2. The molecular formula is C51H64BBrN4O8. The molecule has 4 aromatic heterocycles. The summed E-state index contributed by atoms with van der Waals surface area (Å²) in [4.78, 5) is 37.7. The summed E-state index contributed by atoms with van der Waals surface area (Å²) in [5.41, 5.74) is 3.01. The van der Waals surface area contributed by atoms with Gasteiger partial charge in [0.15, 0.2) is 0 Å². The van der Waals surface area contributed by atoms with Crippen LogP contribution in [0, 0.1) is 18.8 Å². The van der Waals surface area contributed by atoms with Gasteiger partial charge in [-0.2, -0.15) is 0 Å². The monoisotopic (exact) mass is 950 g/mol. The number of furan rings is 2. The summed E-state index contributed by atoms with van der Waals surface area (Å²) >= 11 is 3.59. The quantitative estimate of drug-likeness (QED) is 0.0994. The molecule has 14 heteroatoms. The normalized spacial score (nSPS) is 15.5. The summed E-state index contributed by atoms with van der Waals surface area (Å²) in [5.74, 6) is 2.48. The SMILES string of the molecule is CC(C)(C)OC(=O)CC1CCN(Cc2ccc3cncc(Br)c3c2)CC1.Cc1ccc(-c2cncc3ccc(CN4CCC(CC(=O)OC(C)(C)C)CC4)cc23)o1.OB(O)c1ccco1. The molecule has 65 heavy (non-hydrogen) atoms. The molecule has 2 aliphatic rings. The summed E-state index contributed by atoms with van der Waals surface area (Å²) < 4.78 is 22.4. The number of carbonyl (C=O) groups is 2. The lowest BCUT2D eigenvalue weighted by Gasteiger charge is -2.32. The summed E-state index contributed by atoms with van der Waals surface area (Å²) in [5, 5.41) is 21.4. The van der Waals surface area contributed by atoms with Gasteiger partial charge >= 0.3 is 19.1 Å². The molecule has 0 unspecified atom stereocenters. The second kappa shape index (κ2) is 22.6. The number of benzene rings is 2. The summed E-state index contributed by atoms with van der Waals surface area (Å²) in [7, 11) is -1.48. The lowest BCUT2D eigenvalue weighted by atomic mass is 9.88. The Morgan fingerprint density at radius 1 is 0.723 bits per heavy atom. The largest absolute Gasteiger partial charge is 0.526 e. The van der Waals surface area contributed by atoms with Crippen LogP contribution in [0.15, 0.2) is 105 Å². The van der Waals surface area contributed by atoms with Gasteiger partial charge in [-0.1, -0.05) is 24.3 Å². The Balaban J connectivity index is 0.000000186. The summed E-state index contributed by atoms with van der Waals surface area (Å²) in [6.45, 7) is 19.4. The molecule has 0 spiro atoms. The molecule has 0 saturated carbocycles.